The molecule has 0 aromatic carbocycles. The summed E-state index contributed by atoms with van der Waals surface area (Å²) in [6.45, 7) is 12.0. The smallest absolute Gasteiger partial charge is 0.191 e. The molecule has 0 saturated carbocycles. The first-order chi connectivity index (χ1) is 8.61. The van der Waals surface area contributed by atoms with E-state index < -0.39 is 0 Å². The summed E-state index contributed by atoms with van der Waals surface area (Å²) in [6, 6.07) is 0. The fourth-order valence-electron chi connectivity index (χ4n) is 3.02. The summed E-state index contributed by atoms with van der Waals surface area (Å²) in [5.41, 5.74) is 6.32. The van der Waals surface area contributed by atoms with Crippen LogP contribution in [0.1, 0.15) is 27.2 Å². The van der Waals surface area contributed by atoms with Crippen molar-refractivity contribution in [2.75, 3.05) is 38.5 Å². The van der Waals surface area contributed by atoms with Gasteiger partial charge in [0.15, 0.2) is 5.96 Å². The second-order valence-electron chi connectivity index (χ2n) is 5.40. The summed E-state index contributed by atoms with van der Waals surface area (Å²) in [5, 5.41) is 0.738. The van der Waals surface area contributed by atoms with Gasteiger partial charge in [0.1, 0.15) is 0 Å². The number of nitrogens with zero attached hydrogens (tertiary/aromatic N) is 3. The largest absolute Gasteiger partial charge is 0.370 e. The SMILES string of the molecule is CCN(CC)CCN1C(N)=NCC12CSC(C)C2. The van der Waals surface area contributed by atoms with Gasteiger partial charge >= 0.3 is 0 Å². The van der Waals surface area contributed by atoms with E-state index in [2.05, 4.69) is 47.3 Å². The van der Waals surface area contributed by atoms with Crippen LogP contribution in [0.15, 0.2) is 4.99 Å². The van der Waals surface area contributed by atoms with Crippen LogP contribution in [-0.4, -0.2) is 65.0 Å². The molecule has 2 N–H and O–H groups in total. The van der Waals surface area contributed by atoms with Crippen molar-refractivity contribution >= 4 is 17.7 Å². The van der Waals surface area contributed by atoms with Crippen LogP contribution in [0.3, 0.4) is 0 Å². The quantitative estimate of drug-likeness (QED) is 0.816. The van der Waals surface area contributed by atoms with E-state index in [1.165, 1.54) is 12.2 Å². The first kappa shape index (κ1) is 14.0. The van der Waals surface area contributed by atoms with E-state index in [0.29, 0.717) is 0 Å². The molecule has 2 aliphatic rings. The third-order valence-corrected chi connectivity index (χ3v) is 5.66. The van der Waals surface area contributed by atoms with Gasteiger partial charge in [0.25, 0.3) is 0 Å². The Balaban J connectivity index is 1.98. The maximum Gasteiger partial charge on any atom is 0.191 e. The maximum absolute atomic E-state index is 6.10. The van der Waals surface area contributed by atoms with Gasteiger partial charge < -0.3 is 15.5 Å². The molecule has 4 nitrogen and oxygen atoms in total. The van der Waals surface area contributed by atoms with Crippen molar-refractivity contribution in [2.45, 2.75) is 38.0 Å². The Hall–Kier alpha value is -0.420. The first-order valence-corrected chi connectivity index (χ1v) is 8.07. The Morgan fingerprint density at radius 1 is 1.50 bits per heavy atom. The number of aliphatic imine (C=N–C) groups is 1. The molecule has 2 unspecified atom stereocenters. The van der Waals surface area contributed by atoms with Gasteiger partial charge in [0.2, 0.25) is 0 Å². The molecule has 104 valence electrons. The van der Waals surface area contributed by atoms with Gasteiger partial charge in [-0.1, -0.05) is 20.8 Å². The number of hydrogen-bond acceptors (Lipinski definition) is 5. The van der Waals surface area contributed by atoms with Crippen LogP contribution in [0.5, 0.6) is 0 Å². The summed E-state index contributed by atoms with van der Waals surface area (Å²) in [6.07, 6.45) is 1.22. The van der Waals surface area contributed by atoms with Crippen molar-refractivity contribution < 1.29 is 0 Å². The molecule has 5 heteroatoms. The Kier molecular flexibility index (Phi) is 4.43. The van der Waals surface area contributed by atoms with Crippen LogP contribution in [-0.2, 0) is 0 Å². The van der Waals surface area contributed by atoms with Gasteiger partial charge in [-0.05, 0) is 19.5 Å². The molecule has 0 aromatic heterocycles. The van der Waals surface area contributed by atoms with Gasteiger partial charge in [0, 0.05) is 24.1 Å². The highest BCUT2D eigenvalue weighted by Crippen LogP contribution is 2.40. The zero-order valence-electron chi connectivity index (χ0n) is 11.9. The molecule has 0 aliphatic carbocycles. The van der Waals surface area contributed by atoms with Gasteiger partial charge in [-0.3, -0.25) is 4.99 Å². The summed E-state index contributed by atoms with van der Waals surface area (Å²) in [7, 11) is 0. The van der Waals surface area contributed by atoms with E-state index >= 15 is 0 Å². The second kappa shape index (κ2) is 5.70. The predicted molar refractivity (Wildman–Crippen MR) is 80.3 cm³/mol. The minimum absolute atomic E-state index is 0.224. The number of thioether (sulfide) groups is 1. The summed E-state index contributed by atoms with van der Waals surface area (Å²) < 4.78 is 0. The molecule has 1 spiro atoms. The molecule has 0 radical (unpaired) electrons. The zero-order chi connectivity index (χ0) is 13.2. The summed E-state index contributed by atoms with van der Waals surface area (Å²) >= 11 is 2.06. The predicted octanol–water partition coefficient (Wildman–Crippen LogP) is 1.22. The second-order valence-corrected chi connectivity index (χ2v) is 6.83. The average molecular weight is 270 g/mol. The fraction of sp³-hybridized carbons (Fsp3) is 0.923. The lowest BCUT2D eigenvalue weighted by molar-refractivity contribution is 0.189. The van der Waals surface area contributed by atoms with Crippen molar-refractivity contribution in [3.8, 4) is 0 Å². The lowest BCUT2D eigenvalue weighted by atomic mass is 9.95. The average Bonchev–Trinajstić information content (AvgIpc) is 2.88. The molecular weight excluding hydrogens is 244 g/mol. The molecule has 2 aliphatic heterocycles. The van der Waals surface area contributed by atoms with Crippen LogP contribution < -0.4 is 5.73 Å². The van der Waals surface area contributed by atoms with Gasteiger partial charge in [-0.2, -0.15) is 11.8 Å². The van der Waals surface area contributed by atoms with Crippen LogP contribution >= 0.6 is 11.8 Å². The third kappa shape index (κ3) is 2.62. The van der Waals surface area contributed by atoms with Crippen LogP contribution in [0, 0.1) is 0 Å². The molecule has 1 saturated heterocycles. The molecular formula is C13H26N4S. The molecule has 1 fully saturated rings. The zero-order valence-corrected chi connectivity index (χ0v) is 12.7. The van der Waals surface area contributed by atoms with Crippen molar-refractivity contribution in [2.24, 2.45) is 10.7 Å². The highest BCUT2D eigenvalue weighted by Gasteiger charge is 2.46. The van der Waals surface area contributed by atoms with E-state index in [4.69, 9.17) is 5.73 Å². The number of hydrogen-bond donors (Lipinski definition) is 1. The number of likely N-dealkylation sites (N-methyl/N-ethyl adjacent to an activating group) is 1. The van der Waals surface area contributed by atoms with E-state index in [9.17, 15) is 0 Å². The topological polar surface area (TPSA) is 44.9 Å². The van der Waals surface area contributed by atoms with E-state index in [1.807, 2.05) is 0 Å². The molecule has 2 rings (SSSR count). The Morgan fingerprint density at radius 2 is 2.22 bits per heavy atom. The lowest BCUT2D eigenvalue weighted by Gasteiger charge is -2.37. The Labute approximate surface area is 115 Å². The molecule has 0 aromatic rings. The summed E-state index contributed by atoms with van der Waals surface area (Å²) in [5.74, 6) is 1.94. The normalized spacial score (nSPS) is 31.7. The number of guanidine groups is 1. The maximum atomic E-state index is 6.10. The highest BCUT2D eigenvalue weighted by atomic mass is 32.2. The fourth-order valence-corrected chi connectivity index (χ4v) is 4.41. The van der Waals surface area contributed by atoms with Crippen LogP contribution in [0.2, 0.25) is 0 Å². The monoisotopic (exact) mass is 270 g/mol. The number of nitrogens with two attached hydrogens (primary N) is 1. The van der Waals surface area contributed by atoms with Crippen molar-refractivity contribution in [3.63, 3.8) is 0 Å². The van der Waals surface area contributed by atoms with Crippen molar-refractivity contribution in [3.05, 3.63) is 0 Å². The van der Waals surface area contributed by atoms with Crippen LogP contribution in [0.25, 0.3) is 0 Å². The third-order valence-electron chi connectivity index (χ3n) is 4.22. The Morgan fingerprint density at radius 3 is 2.78 bits per heavy atom. The van der Waals surface area contributed by atoms with Crippen molar-refractivity contribution in [1.29, 1.82) is 0 Å². The molecule has 2 atom stereocenters. The molecule has 2 heterocycles. The number of rotatable bonds is 5. The standard InChI is InChI=1S/C13H26N4S/c1-4-16(5-2)6-7-17-12(14)15-9-13(17)8-11(3)18-10-13/h11H,4-10H2,1-3H3,(H2,14,15). The minimum atomic E-state index is 0.224. The van der Waals surface area contributed by atoms with Gasteiger partial charge in [-0.25, -0.2) is 0 Å². The van der Waals surface area contributed by atoms with Crippen molar-refractivity contribution in [1.82, 2.24) is 9.80 Å². The van der Waals surface area contributed by atoms with E-state index in [-0.39, 0.29) is 5.54 Å². The van der Waals surface area contributed by atoms with Gasteiger partial charge in [0.05, 0.1) is 12.1 Å². The van der Waals surface area contributed by atoms with Gasteiger partial charge in [-0.15, -0.1) is 0 Å². The van der Waals surface area contributed by atoms with Crippen LogP contribution in [0.4, 0.5) is 0 Å². The minimum Gasteiger partial charge on any atom is -0.370 e. The molecule has 0 amide bonds. The summed E-state index contributed by atoms with van der Waals surface area (Å²) in [4.78, 5) is 9.33. The first-order valence-electron chi connectivity index (χ1n) is 7.03. The molecule has 0 bridgehead atoms. The highest BCUT2D eigenvalue weighted by molar-refractivity contribution is 8.00. The van der Waals surface area contributed by atoms with E-state index in [0.717, 1.165) is 43.9 Å². The Bertz CT molecular complexity index is 316. The van der Waals surface area contributed by atoms with E-state index in [1.54, 1.807) is 0 Å². The lowest BCUT2D eigenvalue weighted by Crippen LogP contribution is -2.54. The molecule has 18 heavy (non-hydrogen) atoms.